The summed E-state index contributed by atoms with van der Waals surface area (Å²) in [5.74, 6) is 0.627. The molecule has 3 aromatic carbocycles. The molecule has 0 bridgehead atoms. The number of benzene rings is 3. The van der Waals surface area contributed by atoms with E-state index in [1.165, 1.54) is 18.2 Å². The number of aromatic nitrogens is 1. The zero-order chi connectivity index (χ0) is 27.9. The molecule has 2 N–H and O–H groups in total. The van der Waals surface area contributed by atoms with Crippen molar-refractivity contribution >= 4 is 39.9 Å². The molecule has 1 aromatic heterocycles. The van der Waals surface area contributed by atoms with E-state index in [0.717, 1.165) is 5.39 Å². The van der Waals surface area contributed by atoms with Gasteiger partial charge >= 0.3 is 5.97 Å². The van der Waals surface area contributed by atoms with E-state index >= 15 is 0 Å². The first-order valence-corrected chi connectivity index (χ1v) is 12.8. The molecule has 0 fully saturated rings. The second-order valence-corrected chi connectivity index (χ2v) is 9.37. The minimum Gasteiger partial charge on any atom is -0.493 e. The smallest absolute Gasteiger partial charge is 0.339 e. The van der Waals surface area contributed by atoms with Crippen LogP contribution in [-0.4, -0.2) is 48.8 Å². The van der Waals surface area contributed by atoms with Gasteiger partial charge in [0.25, 0.3) is 5.56 Å². The van der Waals surface area contributed by atoms with Gasteiger partial charge in [0.1, 0.15) is 0 Å². The Morgan fingerprint density at radius 1 is 0.949 bits per heavy atom. The van der Waals surface area contributed by atoms with Crippen LogP contribution in [0.2, 0.25) is 0 Å². The number of H-pyrrole nitrogens is 1. The maximum atomic E-state index is 13.1. The van der Waals surface area contributed by atoms with Crippen LogP contribution in [0.5, 0.6) is 11.5 Å². The highest BCUT2D eigenvalue weighted by molar-refractivity contribution is 7.80. The topological polar surface area (TPSA) is 92.9 Å². The molecule has 0 radical (unpaired) electrons. The number of nitrogens with one attached hydrogen (secondary N) is 2. The summed E-state index contributed by atoms with van der Waals surface area (Å²) in [7, 11) is 4.46. The molecular weight excluding hydrogens is 514 g/mol. The number of para-hydroxylation sites is 1. The van der Waals surface area contributed by atoms with Gasteiger partial charge in [-0.05, 0) is 61.0 Å². The van der Waals surface area contributed by atoms with E-state index in [2.05, 4.69) is 29.4 Å². The van der Waals surface area contributed by atoms with Gasteiger partial charge in [-0.25, -0.2) is 4.79 Å². The Balaban J connectivity index is 1.67. The number of ether oxygens (including phenoxy) is 3. The molecule has 0 aliphatic heterocycles. The molecular formula is C30H31N3O5S. The van der Waals surface area contributed by atoms with Crippen molar-refractivity contribution in [2.75, 3.05) is 33.2 Å². The number of thiocarbonyl (C=S) groups is 1. The Bertz CT molecular complexity index is 1570. The van der Waals surface area contributed by atoms with Crippen LogP contribution in [0.1, 0.15) is 27.0 Å². The van der Waals surface area contributed by atoms with Crippen LogP contribution in [0.4, 0.5) is 5.69 Å². The molecule has 0 spiro atoms. The van der Waals surface area contributed by atoms with Crippen LogP contribution >= 0.6 is 12.2 Å². The van der Waals surface area contributed by atoms with Crippen LogP contribution in [0, 0.1) is 6.92 Å². The van der Waals surface area contributed by atoms with E-state index in [1.807, 2.05) is 35.2 Å². The number of anilines is 1. The van der Waals surface area contributed by atoms with Gasteiger partial charge in [-0.2, -0.15) is 0 Å². The molecule has 0 amide bonds. The summed E-state index contributed by atoms with van der Waals surface area (Å²) in [6.07, 6.45) is 0.712. The van der Waals surface area contributed by atoms with Gasteiger partial charge in [0.2, 0.25) is 0 Å². The van der Waals surface area contributed by atoms with E-state index in [-0.39, 0.29) is 12.1 Å². The van der Waals surface area contributed by atoms with Crippen LogP contribution in [0.15, 0.2) is 71.5 Å². The predicted molar refractivity (Wildman–Crippen MR) is 157 cm³/mol. The zero-order valence-corrected chi connectivity index (χ0v) is 23.2. The molecule has 1 heterocycles. The summed E-state index contributed by atoms with van der Waals surface area (Å²) < 4.78 is 15.7. The fourth-order valence-corrected chi connectivity index (χ4v) is 4.64. The SMILES string of the molecule is COC(=O)c1ccccc1NC(=S)N(CCc1ccccc1C)Cc1cc2cc(OC)c(OC)cc2[nH]c1=O. The third-order valence-corrected chi connectivity index (χ3v) is 6.92. The van der Waals surface area contributed by atoms with Crippen molar-refractivity contribution in [2.24, 2.45) is 0 Å². The molecule has 39 heavy (non-hydrogen) atoms. The molecule has 202 valence electrons. The fraction of sp³-hybridized carbons (Fsp3) is 0.233. The molecule has 4 aromatic rings. The van der Waals surface area contributed by atoms with E-state index in [4.69, 9.17) is 26.4 Å². The van der Waals surface area contributed by atoms with Crippen LogP contribution in [0.25, 0.3) is 10.9 Å². The molecule has 9 heteroatoms. The van der Waals surface area contributed by atoms with E-state index in [0.29, 0.717) is 51.9 Å². The molecule has 0 saturated heterocycles. The maximum Gasteiger partial charge on any atom is 0.339 e. The summed E-state index contributed by atoms with van der Waals surface area (Å²) in [5, 5.41) is 4.38. The van der Waals surface area contributed by atoms with Crippen molar-refractivity contribution in [3.8, 4) is 11.5 Å². The average Bonchev–Trinajstić information content (AvgIpc) is 2.95. The minimum atomic E-state index is -0.470. The number of esters is 1. The van der Waals surface area contributed by atoms with Crippen molar-refractivity contribution in [3.63, 3.8) is 0 Å². The lowest BCUT2D eigenvalue weighted by molar-refractivity contribution is 0.0602. The second-order valence-electron chi connectivity index (χ2n) is 8.98. The highest BCUT2D eigenvalue weighted by Crippen LogP contribution is 2.31. The van der Waals surface area contributed by atoms with Gasteiger partial charge in [-0.15, -0.1) is 0 Å². The summed E-state index contributed by atoms with van der Waals surface area (Å²) >= 11 is 5.81. The van der Waals surface area contributed by atoms with Crippen LogP contribution in [-0.2, 0) is 17.7 Å². The molecule has 0 atom stereocenters. The number of aryl methyl sites for hydroxylation is 1. The van der Waals surface area contributed by atoms with Crippen molar-refractivity contribution < 1.29 is 19.0 Å². The fourth-order valence-electron chi connectivity index (χ4n) is 4.37. The normalized spacial score (nSPS) is 10.7. The van der Waals surface area contributed by atoms with Crippen LogP contribution < -0.4 is 20.3 Å². The number of rotatable bonds is 9. The predicted octanol–water partition coefficient (Wildman–Crippen LogP) is 5.08. The maximum absolute atomic E-state index is 13.1. The number of hydrogen-bond acceptors (Lipinski definition) is 6. The summed E-state index contributed by atoms with van der Waals surface area (Å²) in [4.78, 5) is 30.3. The Labute approximate surface area is 232 Å². The molecule has 0 aliphatic rings. The number of carbonyl (C=O) groups is 1. The van der Waals surface area contributed by atoms with Crippen molar-refractivity contribution in [1.29, 1.82) is 0 Å². The summed E-state index contributed by atoms with van der Waals surface area (Å²) in [6.45, 7) is 2.86. The van der Waals surface area contributed by atoms with Gasteiger partial charge in [0.15, 0.2) is 16.6 Å². The number of aromatic amines is 1. The number of methoxy groups -OCH3 is 3. The Kier molecular flexibility index (Phi) is 8.83. The van der Waals surface area contributed by atoms with Gasteiger partial charge < -0.3 is 29.4 Å². The van der Waals surface area contributed by atoms with E-state index in [1.54, 1.807) is 38.5 Å². The van der Waals surface area contributed by atoms with Crippen molar-refractivity contribution in [2.45, 2.75) is 19.9 Å². The quantitative estimate of drug-likeness (QED) is 0.222. The first kappa shape index (κ1) is 27.7. The van der Waals surface area contributed by atoms with Gasteiger partial charge in [-0.3, -0.25) is 4.79 Å². The molecule has 8 nitrogen and oxygen atoms in total. The lowest BCUT2D eigenvalue weighted by Crippen LogP contribution is -2.37. The number of nitrogens with zero attached hydrogens (tertiary/aromatic N) is 1. The molecule has 4 rings (SSSR count). The lowest BCUT2D eigenvalue weighted by atomic mass is 10.1. The standard InChI is InChI=1S/C30H31N3O5S/c1-19-9-5-6-10-20(19)13-14-33(30(39)32-24-12-8-7-11-23(24)29(35)38-4)18-22-15-21-16-26(36-2)27(37-3)17-25(21)31-28(22)34/h5-12,15-17H,13-14,18H2,1-4H3,(H,31,34)(H,32,39). The lowest BCUT2D eigenvalue weighted by Gasteiger charge is -2.27. The Hall–Kier alpha value is -4.37. The third-order valence-electron chi connectivity index (χ3n) is 6.56. The molecule has 0 unspecified atom stereocenters. The Morgan fingerprint density at radius 2 is 1.64 bits per heavy atom. The average molecular weight is 546 g/mol. The number of carbonyl (C=O) groups excluding carboxylic acids is 1. The molecule has 0 aliphatic carbocycles. The molecule has 0 saturated carbocycles. The first-order chi connectivity index (χ1) is 18.8. The minimum absolute atomic E-state index is 0.228. The van der Waals surface area contributed by atoms with E-state index < -0.39 is 5.97 Å². The monoisotopic (exact) mass is 545 g/mol. The summed E-state index contributed by atoms with van der Waals surface area (Å²) in [6, 6.07) is 20.6. The van der Waals surface area contributed by atoms with Crippen LogP contribution in [0.3, 0.4) is 0 Å². The largest absolute Gasteiger partial charge is 0.493 e. The Morgan fingerprint density at radius 3 is 2.36 bits per heavy atom. The number of fused-ring (bicyclic) bond motifs is 1. The second kappa shape index (κ2) is 12.4. The highest BCUT2D eigenvalue weighted by Gasteiger charge is 2.18. The van der Waals surface area contributed by atoms with Gasteiger partial charge in [-0.1, -0.05) is 36.4 Å². The van der Waals surface area contributed by atoms with Crippen molar-refractivity contribution in [1.82, 2.24) is 9.88 Å². The first-order valence-electron chi connectivity index (χ1n) is 12.4. The van der Waals surface area contributed by atoms with Gasteiger partial charge in [0.05, 0.1) is 44.6 Å². The number of hydrogen-bond donors (Lipinski definition) is 2. The summed E-state index contributed by atoms with van der Waals surface area (Å²) in [5.41, 5.74) is 4.20. The van der Waals surface area contributed by atoms with Crippen molar-refractivity contribution in [3.05, 3.63) is 99.3 Å². The van der Waals surface area contributed by atoms with E-state index in [9.17, 15) is 9.59 Å². The number of pyridine rings is 1. The zero-order valence-electron chi connectivity index (χ0n) is 22.4. The van der Waals surface area contributed by atoms with Gasteiger partial charge in [0, 0.05) is 23.6 Å². The highest BCUT2D eigenvalue weighted by atomic mass is 32.1. The third kappa shape index (κ3) is 6.38.